The second-order valence-corrected chi connectivity index (χ2v) is 12.6. The number of carboxylic acids is 2. The summed E-state index contributed by atoms with van der Waals surface area (Å²) in [5.74, 6) is -4.20. The van der Waals surface area contributed by atoms with E-state index in [1.165, 1.54) is 0 Å². The van der Waals surface area contributed by atoms with Crippen LogP contribution in [-0.4, -0.2) is 89.8 Å². The van der Waals surface area contributed by atoms with Crippen molar-refractivity contribution >= 4 is 71.4 Å². The van der Waals surface area contributed by atoms with Gasteiger partial charge in [-0.2, -0.15) is 21.9 Å². The van der Waals surface area contributed by atoms with Gasteiger partial charge in [0.15, 0.2) is 5.75 Å². The van der Waals surface area contributed by atoms with E-state index in [1.54, 1.807) is 0 Å². The number of nitrogens with zero attached hydrogens (tertiary/aromatic N) is 4. The summed E-state index contributed by atoms with van der Waals surface area (Å²) >= 11 is 0. The van der Waals surface area contributed by atoms with Gasteiger partial charge in [-0.3, -0.25) is 9.11 Å². The first-order valence-corrected chi connectivity index (χ1v) is 16.5. The van der Waals surface area contributed by atoms with Gasteiger partial charge in [-0.25, -0.2) is 9.59 Å². The number of phenols is 1. The number of carbonyl (C=O) groups is 2. The number of aliphatic hydroxyl groups excluding tert-OH is 2. The zero-order valence-corrected chi connectivity index (χ0v) is 26.7. The van der Waals surface area contributed by atoms with Crippen molar-refractivity contribution < 1.29 is 70.5 Å². The molecule has 0 radical (unpaired) electrons. The molecule has 0 atom stereocenters. The lowest BCUT2D eigenvalue weighted by atomic mass is 10.1. The Balaban J connectivity index is 1.90. The lowest BCUT2D eigenvalue weighted by molar-refractivity contribution is 0.0696. The fourth-order valence-corrected chi connectivity index (χ4v) is 5.57. The van der Waals surface area contributed by atoms with Gasteiger partial charge >= 0.3 is 11.9 Å². The molecule has 20 nitrogen and oxygen atoms in total. The molecule has 0 unspecified atom stereocenters. The highest BCUT2D eigenvalue weighted by molar-refractivity contribution is 7.86. The maximum Gasteiger partial charge on any atom is 0.335 e. The van der Waals surface area contributed by atoms with Gasteiger partial charge in [0.25, 0.3) is 20.2 Å². The lowest BCUT2D eigenvalue weighted by Gasteiger charge is -2.13. The number of carboxylic acid groups (broad SMARTS) is 2. The third kappa shape index (κ3) is 8.43. The monoisotopic (exact) mass is 735 g/mol. The number of azo groups is 2. The van der Waals surface area contributed by atoms with Crippen LogP contribution in [0.3, 0.4) is 0 Å². The Labute approximate surface area is 280 Å². The fraction of sp³-hybridized carbons (Fsp3) is 0.143. The molecule has 0 aliphatic carbocycles. The van der Waals surface area contributed by atoms with Crippen LogP contribution in [-0.2, 0) is 20.2 Å². The number of fused-ring (bicyclic) bond motifs is 1. The van der Waals surface area contributed by atoms with Gasteiger partial charge in [0.2, 0.25) is 0 Å². The normalized spacial score (nSPS) is 12.2. The predicted molar refractivity (Wildman–Crippen MR) is 170 cm³/mol. The zero-order chi connectivity index (χ0) is 37.0. The molecule has 0 saturated carbocycles. The van der Waals surface area contributed by atoms with Gasteiger partial charge in [0, 0.05) is 17.5 Å². The number of phenolic OH excluding ortho intramolecular Hbond substituents is 1. The average molecular weight is 736 g/mol. The van der Waals surface area contributed by atoms with Crippen molar-refractivity contribution in [3.05, 3.63) is 59.7 Å². The summed E-state index contributed by atoms with van der Waals surface area (Å²) in [5.41, 5.74) is 2.92. The molecule has 22 heteroatoms. The number of nitrogens with two attached hydrogens (primary N) is 1. The number of aliphatic hydroxyl groups is 2. The number of aromatic carboxylic acids is 2. The molecule has 4 aromatic rings. The summed E-state index contributed by atoms with van der Waals surface area (Å²) < 4.78 is 78.4. The minimum atomic E-state index is -5.19. The van der Waals surface area contributed by atoms with Crippen molar-refractivity contribution in [2.75, 3.05) is 32.2 Å². The standard InChI is InChI=1S/C28H25N5O15S2/c29-18-10-17-13(8-23(18)49(41,42)43)9-24(50(44,45)46)25(26(17)36)33-32-20-12-21(47-3-1-34)19(11-22(20)48-4-2-35)31-30-16-6-14(27(37)38)5-15(7-16)28(39)40/h5-12,34-36H,1-4,29H2,(H,37,38)(H,39,40)(H,41,42,43)(H,44,45,46)/b31-30-,33-32-. The maximum atomic E-state index is 12.3. The molecule has 4 rings (SSSR count). The summed E-state index contributed by atoms with van der Waals surface area (Å²) in [7, 11) is -10.1. The van der Waals surface area contributed by atoms with E-state index in [4.69, 9.17) is 15.2 Å². The smallest absolute Gasteiger partial charge is 0.335 e. The summed E-state index contributed by atoms with van der Waals surface area (Å²) in [6.07, 6.45) is 0. The first-order chi connectivity index (χ1) is 23.4. The Hall–Kier alpha value is -5.78. The zero-order valence-electron chi connectivity index (χ0n) is 25.0. The highest BCUT2D eigenvalue weighted by Gasteiger charge is 2.25. The molecule has 9 N–H and O–H groups in total. The van der Waals surface area contributed by atoms with Crippen molar-refractivity contribution in [3.8, 4) is 17.2 Å². The van der Waals surface area contributed by atoms with Crippen LogP contribution in [0.1, 0.15) is 20.7 Å². The van der Waals surface area contributed by atoms with Gasteiger partial charge in [0.1, 0.15) is 51.6 Å². The molecule has 0 saturated heterocycles. The Kier molecular flexibility index (Phi) is 10.9. The molecule has 0 amide bonds. The first kappa shape index (κ1) is 37.0. The topological polar surface area (TPSA) is 338 Å². The van der Waals surface area contributed by atoms with E-state index >= 15 is 0 Å². The van der Waals surface area contributed by atoms with E-state index < -0.39 is 83.4 Å². The summed E-state index contributed by atoms with van der Waals surface area (Å²) in [4.78, 5) is 21.1. The van der Waals surface area contributed by atoms with Crippen LogP contribution in [0.15, 0.2) is 78.8 Å². The van der Waals surface area contributed by atoms with Crippen molar-refractivity contribution in [3.63, 3.8) is 0 Å². The Morgan fingerprint density at radius 1 is 0.680 bits per heavy atom. The van der Waals surface area contributed by atoms with Crippen molar-refractivity contribution in [1.29, 1.82) is 0 Å². The van der Waals surface area contributed by atoms with E-state index in [0.29, 0.717) is 0 Å². The van der Waals surface area contributed by atoms with Gasteiger partial charge in [-0.1, -0.05) is 0 Å². The minimum Gasteiger partial charge on any atom is -0.505 e. The van der Waals surface area contributed by atoms with Crippen LogP contribution in [0.5, 0.6) is 17.2 Å². The van der Waals surface area contributed by atoms with Gasteiger partial charge in [-0.15, -0.1) is 15.3 Å². The predicted octanol–water partition coefficient (Wildman–Crippen LogP) is 3.59. The summed E-state index contributed by atoms with van der Waals surface area (Å²) in [6.45, 7) is -1.67. The van der Waals surface area contributed by atoms with E-state index in [0.717, 1.165) is 48.5 Å². The highest BCUT2D eigenvalue weighted by Crippen LogP contribution is 2.45. The number of anilines is 1. The minimum absolute atomic E-state index is 0.153. The Morgan fingerprint density at radius 3 is 1.62 bits per heavy atom. The molecule has 0 spiro atoms. The summed E-state index contributed by atoms with van der Waals surface area (Å²) in [5, 5.41) is 63.4. The number of hydrogen-bond donors (Lipinski definition) is 8. The summed E-state index contributed by atoms with van der Waals surface area (Å²) in [6, 6.07) is 7.64. The number of aromatic hydroxyl groups is 1. The molecular formula is C28H25N5O15S2. The van der Waals surface area contributed by atoms with Crippen LogP contribution in [0.25, 0.3) is 10.8 Å². The van der Waals surface area contributed by atoms with Crippen molar-refractivity contribution in [2.24, 2.45) is 20.5 Å². The van der Waals surface area contributed by atoms with E-state index in [-0.39, 0.29) is 52.5 Å². The largest absolute Gasteiger partial charge is 0.505 e. The molecule has 0 bridgehead atoms. The maximum absolute atomic E-state index is 12.3. The van der Waals surface area contributed by atoms with Gasteiger partial charge in [0.05, 0.1) is 35.7 Å². The molecule has 0 fully saturated rings. The SMILES string of the molecule is Nc1cc2c(O)c(/N=N\c3cc(OCCO)c(/N=N\c4cc(C(=O)O)cc(C(=O)O)c4)cc3OCCO)c(S(=O)(=O)O)cc2cc1S(=O)(=O)O. The Bertz CT molecular complexity index is 2260. The van der Waals surface area contributed by atoms with Crippen LogP contribution >= 0.6 is 0 Å². The average Bonchev–Trinajstić information content (AvgIpc) is 3.04. The molecule has 0 aliphatic heterocycles. The lowest BCUT2D eigenvalue weighted by Crippen LogP contribution is -2.04. The van der Waals surface area contributed by atoms with E-state index in [2.05, 4.69) is 20.5 Å². The molecule has 0 aliphatic rings. The van der Waals surface area contributed by atoms with Gasteiger partial charge in [-0.05, 0) is 41.8 Å². The number of rotatable bonds is 14. The second kappa shape index (κ2) is 14.8. The van der Waals surface area contributed by atoms with Crippen LogP contribution < -0.4 is 15.2 Å². The fourth-order valence-electron chi connectivity index (χ4n) is 4.28. The van der Waals surface area contributed by atoms with Crippen molar-refractivity contribution in [1.82, 2.24) is 0 Å². The number of benzene rings is 4. The van der Waals surface area contributed by atoms with Crippen LogP contribution in [0, 0.1) is 0 Å². The molecule has 4 aromatic carbocycles. The third-order valence-corrected chi connectivity index (χ3v) is 8.19. The number of hydrogen-bond acceptors (Lipinski definition) is 16. The van der Waals surface area contributed by atoms with Crippen LogP contribution in [0.4, 0.5) is 28.4 Å². The molecule has 264 valence electrons. The number of nitrogen functional groups attached to an aromatic ring is 1. The van der Waals surface area contributed by atoms with Crippen LogP contribution in [0.2, 0.25) is 0 Å². The van der Waals surface area contributed by atoms with Gasteiger partial charge < -0.3 is 40.7 Å². The molecule has 50 heavy (non-hydrogen) atoms. The Morgan fingerprint density at radius 2 is 1.16 bits per heavy atom. The second-order valence-electron chi connectivity index (χ2n) is 9.84. The molecular weight excluding hydrogens is 710 g/mol. The van der Waals surface area contributed by atoms with Crippen molar-refractivity contribution in [2.45, 2.75) is 9.79 Å². The number of ether oxygens (including phenoxy) is 2. The first-order valence-electron chi connectivity index (χ1n) is 13.6. The van der Waals surface area contributed by atoms with E-state index in [9.17, 15) is 61.1 Å². The van der Waals surface area contributed by atoms with E-state index in [1.807, 2.05) is 0 Å². The third-order valence-electron chi connectivity index (χ3n) is 6.42. The molecule has 0 heterocycles. The highest BCUT2D eigenvalue weighted by atomic mass is 32.2. The quantitative estimate of drug-likeness (QED) is 0.0521. The molecule has 0 aromatic heterocycles.